The Morgan fingerprint density at radius 1 is 1.44 bits per heavy atom. The van der Waals surface area contributed by atoms with Gasteiger partial charge in [0.25, 0.3) is 0 Å². The van der Waals surface area contributed by atoms with Crippen LogP contribution in [0.3, 0.4) is 0 Å². The third kappa shape index (κ3) is 2.71. The standard InChI is InChI=1S/C12H14BrN3/c1-8-4-9(6-10(13)5-8)11(14)7-12-15-2-3-16-12/h2-6,11H,7,14H2,1H3,(H,15,16). The molecule has 0 spiro atoms. The van der Waals surface area contributed by atoms with E-state index in [0.717, 1.165) is 22.3 Å². The number of aromatic amines is 1. The lowest BCUT2D eigenvalue weighted by Gasteiger charge is -2.12. The van der Waals surface area contributed by atoms with E-state index in [2.05, 4.69) is 51.0 Å². The summed E-state index contributed by atoms with van der Waals surface area (Å²) in [5.74, 6) is 0.921. The van der Waals surface area contributed by atoms with E-state index >= 15 is 0 Å². The van der Waals surface area contributed by atoms with Crippen LogP contribution in [0.1, 0.15) is 23.0 Å². The second-order valence-electron chi connectivity index (χ2n) is 3.91. The van der Waals surface area contributed by atoms with Gasteiger partial charge in [0.1, 0.15) is 5.82 Å². The Labute approximate surface area is 103 Å². The molecule has 0 aliphatic rings. The fourth-order valence-corrected chi connectivity index (χ4v) is 2.34. The van der Waals surface area contributed by atoms with Gasteiger partial charge in [-0.2, -0.15) is 0 Å². The Hall–Kier alpha value is -1.13. The summed E-state index contributed by atoms with van der Waals surface area (Å²) in [6, 6.07) is 6.21. The molecule has 1 aromatic heterocycles. The van der Waals surface area contributed by atoms with Crippen LogP contribution in [0.25, 0.3) is 0 Å². The molecule has 1 aromatic carbocycles. The number of halogens is 1. The van der Waals surface area contributed by atoms with Crippen molar-refractivity contribution in [3.8, 4) is 0 Å². The molecule has 0 saturated carbocycles. The second kappa shape index (κ2) is 4.80. The molecule has 0 radical (unpaired) electrons. The number of aromatic nitrogens is 2. The van der Waals surface area contributed by atoms with Crippen molar-refractivity contribution in [2.45, 2.75) is 19.4 Å². The van der Waals surface area contributed by atoms with Crippen LogP contribution in [0.15, 0.2) is 35.1 Å². The lowest BCUT2D eigenvalue weighted by Crippen LogP contribution is -2.14. The minimum Gasteiger partial charge on any atom is -0.349 e. The molecule has 0 bridgehead atoms. The van der Waals surface area contributed by atoms with Gasteiger partial charge in [-0.15, -0.1) is 0 Å². The summed E-state index contributed by atoms with van der Waals surface area (Å²) in [6.45, 7) is 2.06. The number of nitrogens with two attached hydrogens (primary N) is 1. The van der Waals surface area contributed by atoms with Crippen molar-refractivity contribution >= 4 is 15.9 Å². The fraction of sp³-hybridized carbons (Fsp3) is 0.250. The maximum absolute atomic E-state index is 6.14. The van der Waals surface area contributed by atoms with Crippen LogP contribution in [0, 0.1) is 6.92 Å². The Morgan fingerprint density at radius 3 is 2.88 bits per heavy atom. The molecule has 0 amide bonds. The Kier molecular flexibility index (Phi) is 3.41. The second-order valence-corrected chi connectivity index (χ2v) is 4.82. The van der Waals surface area contributed by atoms with E-state index in [0.29, 0.717) is 0 Å². The SMILES string of the molecule is Cc1cc(Br)cc(C(N)Cc2ncc[nH]2)c1. The van der Waals surface area contributed by atoms with E-state index in [4.69, 9.17) is 5.73 Å². The summed E-state index contributed by atoms with van der Waals surface area (Å²) >= 11 is 3.48. The molecule has 3 nitrogen and oxygen atoms in total. The number of H-pyrrole nitrogens is 1. The highest BCUT2D eigenvalue weighted by molar-refractivity contribution is 9.10. The van der Waals surface area contributed by atoms with Crippen molar-refractivity contribution in [3.63, 3.8) is 0 Å². The molecule has 16 heavy (non-hydrogen) atoms. The highest BCUT2D eigenvalue weighted by atomic mass is 79.9. The van der Waals surface area contributed by atoms with Crippen LogP contribution in [0.4, 0.5) is 0 Å². The van der Waals surface area contributed by atoms with E-state index in [9.17, 15) is 0 Å². The summed E-state index contributed by atoms with van der Waals surface area (Å²) in [6.07, 6.45) is 4.28. The molecule has 1 atom stereocenters. The van der Waals surface area contributed by atoms with E-state index in [1.807, 2.05) is 6.20 Å². The number of rotatable bonds is 3. The summed E-state index contributed by atoms with van der Waals surface area (Å²) in [5, 5.41) is 0. The van der Waals surface area contributed by atoms with Crippen LogP contribution >= 0.6 is 15.9 Å². The molecule has 1 unspecified atom stereocenters. The summed E-state index contributed by atoms with van der Waals surface area (Å²) in [5.41, 5.74) is 8.48. The molecule has 0 fully saturated rings. The third-order valence-corrected chi connectivity index (χ3v) is 2.92. The normalized spacial score (nSPS) is 12.7. The van der Waals surface area contributed by atoms with E-state index in [-0.39, 0.29) is 6.04 Å². The fourth-order valence-electron chi connectivity index (χ4n) is 1.71. The molecule has 84 valence electrons. The number of nitrogens with zero attached hydrogens (tertiary/aromatic N) is 1. The van der Waals surface area contributed by atoms with Gasteiger partial charge in [-0.1, -0.05) is 22.0 Å². The lowest BCUT2D eigenvalue weighted by molar-refractivity contribution is 0.693. The Morgan fingerprint density at radius 2 is 2.25 bits per heavy atom. The van der Waals surface area contributed by atoms with Crippen LogP contribution in [-0.2, 0) is 6.42 Å². The first-order valence-electron chi connectivity index (χ1n) is 5.16. The zero-order chi connectivity index (χ0) is 11.5. The van der Waals surface area contributed by atoms with E-state index in [1.165, 1.54) is 5.56 Å². The minimum absolute atomic E-state index is 0.0256. The first-order chi connectivity index (χ1) is 7.65. The first-order valence-corrected chi connectivity index (χ1v) is 5.95. The molecule has 4 heteroatoms. The van der Waals surface area contributed by atoms with Gasteiger partial charge >= 0.3 is 0 Å². The molecule has 2 aromatic rings. The molecule has 0 aliphatic carbocycles. The zero-order valence-electron chi connectivity index (χ0n) is 9.07. The molecule has 1 heterocycles. The van der Waals surface area contributed by atoms with Gasteiger partial charge in [0.05, 0.1) is 0 Å². The number of hydrogen-bond donors (Lipinski definition) is 2. The Bertz CT molecular complexity index is 445. The minimum atomic E-state index is -0.0256. The predicted molar refractivity (Wildman–Crippen MR) is 68.1 cm³/mol. The van der Waals surface area contributed by atoms with Crippen molar-refractivity contribution in [1.82, 2.24) is 9.97 Å². The van der Waals surface area contributed by atoms with Crippen LogP contribution in [0.2, 0.25) is 0 Å². The van der Waals surface area contributed by atoms with E-state index in [1.54, 1.807) is 6.20 Å². The first kappa shape index (κ1) is 11.4. The van der Waals surface area contributed by atoms with Crippen molar-refractivity contribution in [3.05, 3.63) is 52.0 Å². The highest BCUT2D eigenvalue weighted by Gasteiger charge is 2.09. The van der Waals surface area contributed by atoms with Gasteiger partial charge in [-0.05, 0) is 30.2 Å². The van der Waals surface area contributed by atoms with E-state index < -0.39 is 0 Å². The number of benzene rings is 1. The predicted octanol–water partition coefficient (Wildman–Crippen LogP) is 2.72. The van der Waals surface area contributed by atoms with Crippen LogP contribution < -0.4 is 5.73 Å². The average molecular weight is 280 g/mol. The third-order valence-electron chi connectivity index (χ3n) is 2.46. The van der Waals surface area contributed by atoms with Gasteiger partial charge in [0.15, 0.2) is 0 Å². The van der Waals surface area contributed by atoms with Gasteiger partial charge in [0, 0.05) is 29.3 Å². The zero-order valence-corrected chi connectivity index (χ0v) is 10.7. The number of hydrogen-bond acceptors (Lipinski definition) is 2. The lowest BCUT2D eigenvalue weighted by atomic mass is 10.0. The molecular weight excluding hydrogens is 266 g/mol. The number of imidazole rings is 1. The highest BCUT2D eigenvalue weighted by Crippen LogP contribution is 2.21. The summed E-state index contributed by atoms with van der Waals surface area (Å²) in [7, 11) is 0. The van der Waals surface area contributed by atoms with Crippen molar-refractivity contribution in [2.75, 3.05) is 0 Å². The number of aryl methyl sites for hydroxylation is 1. The molecular formula is C12H14BrN3. The van der Waals surface area contributed by atoms with Crippen LogP contribution in [-0.4, -0.2) is 9.97 Å². The van der Waals surface area contributed by atoms with Crippen molar-refractivity contribution in [2.24, 2.45) is 5.73 Å². The summed E-state index contributed by atoms with van der Waals surface area (Å²) in [4.78, 5) is 7.24. The average Bonchev–Trinajstić information content (AvgIpc) is 2.68. The van der Waals surface area contributed by atoms with Crippen molar-refractivity contribution in [1.29, 1.82) is 0 Å². The van der Waals surface area contributed by atoms with Gasteiger partial charge in [0.2, 0.25) is 0 Å². The molecule has 0 aliphatic heterocycles. The molecule has 2 rings (SSSR count). The quantitative estimate of drug-likeness (QED) is 0.908. The topological polar surface area (TPSA) is 54.7 Å². The van der Waals surface area contributed by atoms with Gasteiger partial charge in [-0.25, -0.2) is 4.98 Å². The van der Waals surface area contributed by atoms with Gasteiger partial charge < -0.3 is 10.7 Å². The maximum atomic E-state index is 6.14. The number of nitrogens with one attached hydrogen (secondary N) is 1. The van der Waals surface area contributed by atoms with Gasteiger partial charge in [-0.3, -0.25) is 0 Å². The van der Waals surface area contributed by atoms with Crippen LogP contribution in [0.5, 0.6) is 0 Å². The smallest absolute Gasteiger partial charge is 0.107 e. The Balaban J connectivity index is 2.17. The van der Waals surface area contributed by atoms with Crippen molar-refractivity contribution < 1.29 is 0 Å². The monoisotopic (exact) mass is 279 g/mol. The largest absolute Gasteiger partial charge is 0.349 e. The molecule has 3 N–H and O–H groups in total. The summed E-state index contributed by atoms with van der Waals surface area (Å²) < 4.78 is 1.07. The maximum Gasteiger partial charge on any atom is 0.107 e. The molecule has 0 saturated heterocycles.